The highest BCUT2D eigenvalue weighted by Crippen LogP contribution is 2.39. The van der Waals surface area contributed by atoms with Gasteiger partial charge in [-0.15, -0.1) is 12.4 Å². The van der Waals surface area contributed by atoms with Gasteiger partial charge in [-0.1, -0.05) is 15.9 Å². The summed E-state index contributed by atoms with van der Waals surface area (Å²) in [7, 11) is 0. The maximum Gasteiger partial charge on any atom is 0.276 e. The summed E-state index contributed by atoms with van der Waals surface area (Å²) in [5.74, 6) is 0.291. The summed E-state index contributed by atoms with van der Waals surface area (Å²) < 4.78 is 0.875. The molecule has 0 radical (unpaired) electrons. The van der Waals surface area contributed by atoms with Crippen LogP contribution < -0.4 is 11.1 Å². The number of aromatic amines is 1. The second kappa shape index (κ2) is 6.07. The number of nitrogens with zero attached hydrogens (tertiary/aromatic N) is 1. The summed E-state index contributed by atoms with van der Waals surface area (Å²) in [6.07, 6.45) is 2.34. The van der Waals surface area contributed by atoms with Crippen LogP contribution in [0.5, 0.6) is 0 Å². The van der Waals surface area contributed by atoms with E-state index in [0.29, 0.717) is 23.0 Å². The number of halogens is 2. The molecule has 3 rings (SSSR count). The molecule has 0 atom stereocenters. The molecule has 0 unspecified atom stereocenters. The summed E-state index contributed by atoms with van der Waals surface area (Å²) in [5.41, 5.74) is 9.48. The van der Waals surface area contributed by atoms with Crippen LogP contribution in [0.1, 0.15) is 40.5 Å². The third kappa shape index (κ3) is 3.39. The van der Waals surface area contributed by atoms with Crippen molar-refractivity contribution in [2.24, 2.45) is 0 Å². The first-order valence-electron chi connectivity index (χ1n) is 6.47. The molecule has 1 saturated carbocycles. The van der Waals surface area contributed by atoms with E-state index in [9.17, 15) is 4.79 Å². The number of amides is 1. The number of rotatable bonds is 3. The van der Waals surface area contributed by atoms with Crippen molar-refractivity contribution in [3.05, 3.63) is 39.6 Å². The Morgan fingerprint density at radius 2 is 2.14 bits per heavy atom. The number of hydrogen-bond acceptors (Lipinski definition) is 3. The maximum absolute atomic E-state index is 12.2. The molecule has 1 amide bonds. The van der Waals surface area contributed by atoms with E-state index in [1.54, 1.807) is 6.07 Å². The van der Waals surface area contributed by atoms with Crippen LogP contribution in [-0.4, -0.2) is 16.1 Å². The standard InChI is InChI=1S/C14H15BrN4O.ClH/c1-7-4-9(15)5-11(13(7)16)17-14(20)12-6-10(18-19-12)8-2-3-8;/h4-6,8H,2-3,16H2,1H3,(H,17,20)(H,18,19);1H. The third-order valence-electron chi connectivity index (χ3n) is 3.45. The van der Waals surface area contributed by atoms with Gasteiger partial charge in [-0.25, -0.2) is 0 Å². The SMILES string of the molecule is Cc1cc(Br)cc(NC(=O)c2cc(C3CC3)[nH]n2)c1N.Cl. The summed E-state index contributed by atoms with van der Waals surface area (Å²) in [6.45, 7) is 1.90. The molecule has 1 fully saturated rings. The monoisotopic (exact) mass is 370 g/mol. The molecule has 112 valence electrons. The Morgan fingerprint density at radius 3 is 2.81 bits per heavy atom. The van der Waals surface area contributed by atoms with Crippen molar-refractivity contribution in [2.45, 2.75) is 25.7 Å². The topological polar surface area (TPSA) is 83.8 Å². The van der Waals surface area contributed by atoms with Crippen LogP contribution in [0, 0.1) is 6.92 Å². The number of benzene rings is 1. The van der Waals surface area contributed by atoms with Gasteiger partial charge in [0.25, 0.3) is 5.91 Å². The Balaban J connectivity index is 0.00000161. The highest BCUT2D eigenvalue weighted by Gasteiger charge is 2.26. The number of anilines is 2. The Labute approximate surface area is 137 Å². The number of carbonyl (C=O) groups is 1. The number of hydrogen-bond donors (Lipinski definition) is 3. The van der Waals surface area contributed by atoms with E-state index in [4.69, 9.17) is 5.73 Å². The zero-order valence-electron chi connectivity index (χ0n) is 11.4. The average Bonchev–Trinajstić information content (AvgIpc) is 3.13. The molecule has 0 aliphatic heterocycles. The summed E-state index contributed by atoms with van der Waals surface area (Å²) in [4.78, 5) is 12.2. The van der Waals surface area contributed by atoms with Crippen LogP contribution in [0.3, 0.4) is 0 Å². The predicted octanol–water partition coefficient (Wildman–Crippen LogP) is 3.61. The lowest BCUT2D eigenvalue weighted by Gasteiger charge is -2.10. The van der Waals surface area contributed by atoms with Crippen LogP contribution in [0.2, 0.25) is 0 Å². The van der Waals surface area contributed by atoms with E-state index < -0.39 is 0 Å². The molecular formula is C14H16BrClN4O. The molecule has 0 spiro atoms. The van der Waals surface area contributed by atoms with Gasteiger partial charge in [-0.3, -0.25) is 9.89 Å². The molecular weight excluding hydrogens is 356 g/mol. The van der Waals surface area contributed by atoms with Gasteiger partial charge in [0.1, 0.15) is 0 Å². The summed E-state index contributed by atoms with van der Waals surface area (Å²) >= 11 is 3.40. The highest BCUT2D eigenvalue weighted by molar-refractivity contribution is 9.10. The van der Waals surface area contributed by atoms with E-state index >= 15 is 0 Å². The van der Waals surface area contributed by atoms with E-state index in [2.05, 4.69) is 31.4 Å². The number of nitrogen functional groups attached to an aromatic ring is 1. The largest absolute Gasteiger partial charge is 0.397 e. The Kier molecular flexibility index (Phi) is 4.58. The summed E-state index contributed by atoms with van der Waals surface area (Å²) in [5, 5.41) is 9.78. The molecule has 1 heterocycles. The second-order valence-electron chi connectivity index (χ2n) is 5.12. The van der Waals surface area contributed by atoms with Gasteiger partial charge < -0.3 is 11.1 Å². The van der Waals surface area contributed by atoms with Gasteiger partial charge in [0.05, 0.1) is 11.4 Å². The number of nitrogens with two attached hydrogens (primary N) is 1. The zero-order chi connectivity index (χ0) is 14.3. The number of nitrogens with one attached hydrogen (secondary N) is 2. The first-order chi connectivity index (χ1) is 9.54. The second-order valence-corrected chi connectivity index (χ2v) is 6.04. The average molecular weight is 372 g/mol. The minimum absolute atomic E-state index is 0. The Morgan fingerprint density at radius 1 is 1.43 bits per heavy atom. The quantitative estimate of drug-likeness (QED) is 0.721. The number of carbonyl (C=O) groups excluding carboxylic acids is 1. The van der Waals surface area contributed by atoms with Crippen molar-refractivity contribution in [3.8, 4) is 0 Å². The normalized spacial score (nSPS) is 13.6. The van der Waals surface area contributed by atoms with Crippen LogP contribution in [0.25, 0.3) is 0 Å². The molecule has 0 bridgehead atoms. The Bertz CT molecular complexity index is 682. The summed E-state index contributed by atoms with van der Waals surface area (Å²) in [6, 6.07) is 5.51. The van der Waals surface area contributed by atoms with E-state index in [1.165, 1.54) is 12.8 Å². The van der Waals surface area contributed by atoms with Crippen LogP contribution in [0.15, 0.2) is 22.7 Å². The fraction of sp³-hybridized carbons (Fsp3) is 0.286. The molecule has 7 heteroatoms. The molecule has 2 aromatic rings. The van der Waals surface area contributed by atoms with Gasteiger partial charge >= 0.3 is 0 Å². The number of H-pyrrole nitrogens is 1. The fourth-order valence-electron chi connectivity index (χ4n) is 2.10. The van der Waals surface area contributed by atoms with Gasteiger partial charge in [0.15, 0.2) is 5.69 Å². The first kappa shape index (κ1) is 15.9. The van der Waals surface area contributed by atoms with Crippen LogP contribution in [-0.2, 0) is 0 Å². The number of aryl methyl sites for hydroxylation is 1. The van der Waals surface area contributed by atoms with E-state index in [-0.39, 0.29) is 18.3 Å². The fourth-order valence-corrected chi connectivity index (χ4v) is 2.67. The van der Waals surface area contributed by atoms with Gasteiger partial charge in [0, 0.05) is 16.1 Å². The highest BCUT2D eigenvalue weighted by atomic mass is 79.9. The van der Waals surface area contributed by atoms with Crippen molar-refractivity contribution < 1.29 is 4.79 Å². The molecule has 4 N–H and O–H groups in total. The lowest BCUT2D eigenvalue weighted by molar-refractivity contribution is 0.102. The molecule has 0 saturated heterocycles. The maximum atomic E-state index is 12.2. The minimum Gasteiger partial charge on any atom is -0.397 e. The van der Waals surface area contributed by atoms with Gasteiger partial charge in [0.2, 0.25) is 0 Å². The molecule has 1 aliphatic rings. The molecule has 1 aromatic carbocycles. The minimum atomic E-state index is -0.252. The Hall–Kier alpha value is -1.53. The molecule has 1 aromatic heterocycles. The third-order valence-corrected chi connectivity index (χ3v) is 3.91. The van der Waals surface area contributed by atoms with Gasteiger partial charge in [-0.05, 0) is 43.5 Å². The van der Waals surface area contributed by atoms with Gasteiger partial charge in [-0.2, -0.15) is 5.10 Å². The van der Waals surface area contributed by atoms with Crippen molar-refractivity contribution in [1.29, 1.82) is 0 Å². The molecule has 1 aliphatic carbocycles. The van der Waals surface area contributed by atoms with Crippen LogP contribution in [0.4, 0.5) is 11.4 Å². The lowest BCUT2D eigenvalue weighted by atomic mass is 10.1. The lowest BCUT2D eigenvalue weighted by Crippen LogP contribution is -2.14. The first-order valence-corrected chi connectivity index (χ1v) is 7.26. The predicted molar refractivity (Wildman–Crippen MR) is 89.1 cm³/mol. The zero-order valence-corrected chi connectivity index (χ0v) is 13.8. The van der Waals surface area contributed by atoms with Crippen molar-refractivity contribution in [2.75, 3.05) is 11.1 Å². The van der Waals surface area contributed by atoms with Crippen molar-refractivity contribution in [3.63, 3.8) is 0 Å². The van der Waals surface area contributed by atoms with E-state index in [0.717, 1.165) is 15.7 Å². The molecule has 5 nitrogen and oxygen atoms in total. The smallest absolute Gasteiger partial charge is 0.276 e. The molecule has 21 heavy (non-hydrogen) atoms. The van der Waals surface area contributed by atoms with E-state index in [1.807, 2.05) is 19.1 Å². The van der Waals surface area contributed by atoms with Crippen molar-refractivity contribution in [1.82, 2.24) is 10.2 Å². The van der Waals surface area contributed by atoms with Crippen molar-refractivity contribution >= 4 is 45.6 Å². The van der Waals surface area contributed by atoms with Crippen LogP contribution >= 0.6 is 28.3 Å². The number of aromatic nitrogens is 2.